The summed E-state index contributed by atoms with van der Waals surface area (Å²) in [4.78, 5) is 4.92. The minimum Gasteiger partial charge on any atom is -0.236 e. The number of rotatable bonds is 4. The molecular formula is C21H17NS2. The molecule has 0 fully saturated rings. The lowest BCUT2D eigenvalue weighted by Crippen LogP contribution is -1.95. The molecule has 24 heavy (non-hydrogen) atoms. The minimum absolute atomic E-state index is 0.261. The van der Waals surface area contributed by atoms with Crippen LogP contribution >= 0.6 is 23.1 Å². The van der Waals surface area contributed by atoms with Crippen LogP contribution in [0.25, 0.3) is 31.6 Å². The lowest BCUT2D eigenvalue weighted by molar-refractivity contribution is 1.25. The van der Waals surface area contributed by atoms with Gasteiger partial charge in [0.05, 0.1) is 10.2 Å². The summed E-state index contributed by atoms with van der Waals surface area (Å²) in [5.41, 5.74) is 3.60. The fourth-order valence-corrected chi connectivity index (χ4v) is 4.78. The number of para-hydroxylation sites is 1. The van der Waals surface area contributed by atoms with Gasteiger partial charge in [-0.3, -0.25) is 0 Å². The normalized spacial score (nSPS) is 12.5. The van der Waals surface area contributed by atoms with Crippen molar-refractivity contribution in [2.24, 2.45) is 0 Å². The molecule has 0 amide bonds. The van der Waals surface area contributed by atoms with Crippen molar-refractivity contribution in [2.75, 3.05) is 6.26 Å². The van der Waals surface area contributed by atoms with Crippen molar-refractivity contribution in [2.45, 2.75) is 5.25 Å². The molecule has 1 nitrogen and oxygen atoms in total. The van der Waals surface area contributed by atoms with Gasteiger partial charge in [0.2, 0.25) is 0 Å². The molecule has 0 saturated carbocycles. The molecule has 118 valence electrons. The van der Waals surface area contributed by atoms with Gasteiger partial charge >= 0.3 is 0 Å². The van der Waals surface area contributed by atoms with E-state index in [9.17, 15) is 0 Å². The Balaban J connectivity index is 2.06. The lowest BCUT2D eigenvalue weighted by Gasteiger charge is -2.16. The van der Waals surface area contributed by atoms with Crippen molar-refractivity contribution in [1.29, 1.82) is 0 Å². The second-order valence-corrected chi connectivity index (χ2v) is 7.64. The Morgan fingerprint density at radius 3 is 2.62 bits per heavy atom. The van der Waals surface area contributed by atoms with E-state index in [0.29, 0.717) is 0 Å². The summed E-state index contributed by atoms with van der Waals surface area (Å²) >= 11 is 3.57. The molecule has 3 heteroatoms. The number of hydrogen-bond donors (Lipinski definition) is 0. The number of thioether (sulfide) groups is 1. The Morgan fingerprint density at radius 2 is 1.83 bits per heavy atom. The highest BCUT2D eigenvalue weighted by Gasteiger charge is 2.18. The standard InChI is InChI=1S/C21H17NS2/c1-3-18(23-2)16-13-12-14-8-4-5-9-15(14)20(16)21-22-17-10-6-7-11-19(17)24-21/h3-13,18H,1H2,2H3. The van der Waals surface area contributed by atoms with E-state index in [0.717, 1.165) is 10.5 Å². The second kappa shape index (κ2) is 6.42. The van der Waals surface area contributed by atoms with Crippen molar-refractivity contribution in [3.8, 4) is 10.6 Å². The predicted molar refractivity (Wildman–Crippen MR) is 109 cm³/mol. The van der Waals surface area contributed by atoms with E-state index >= 15 is 0 Å². The molecule has 0 radical (unpaired) electrons. The Bertz CT molecular complexity index is 999. The fourth-order valence-electron chi connectivity index (χ4n) is 3.09. The van der Waals surface area contributed by atoms with E-state index in [2.05, 4.69) is 67.4 Å². The van der Waals surface area contributed by atoms with Gasteiger partial charge in [-0.05, 0) is 34.7 Å². The lowest BCUT2D eigenvalue weighted by atomic mass is 9.97. The average molecular weight is 348 g/mol. The third-order valence-electron chi connectivity index (χ3n) is 4.24. The predicted octanol–water partition coefficient (Wildman–Crippen LogP) is 6.71. The first kappa shape index (κ1) is 15.4. The summed E-state index contributed by atoms with van der Waals surface area (Å²) in [5, 5.41) is 3.86. The van der Waals surface area contributed by atoms with E-state index in [1.165, 1.54) is 26.6 Å². The van der Waals surface area contributed by atoms with E-state index < -0.39 is 0 Å². The van der Waals surface area contributed by atoms with Crippen LogP contribution in [0.2, 0.25) is 0 Å². The molecule has 0 N–H and O–H groups in total. The van der Waals surface area contributed by atoms with Gasteiger partial charge in [-0.25, -0.2) is 4.98 Å². The average Bonchev–Trinajstić information content (AvgIpc) is 3.06. The van der Waals surface area contributed by atoms with E-state index in [1.54, 1.807) is 23.1 Å². The van der Waals surface area contributed by atoms with Crippen LogP contribution in [-0.4, -0.2) is 11.2 Å². The molecule has 1 atom stereocenters. The molecular weight excluding hydrogens is 330 g/mol. The Morgan fingerprint density at radius 1 is 1.04 bits per heavy atom. The molecule has 0 spiro atoms. The van der Waals surface area contributed by atoms with Gasteiger partial charge in [0, 0.05) is 10.8 Å². The van der Waals surface area contributed by atoms with Gasteiger partial charge in [-0.1, -0.05) is 54.6 Å². The first-order valence-electron chi connectivity index (χ1n) is 7.85. The smallest absolute Gasteiger partial charge is 0.125 e. The number of benzene rings is 3. The number of hydrogen-bond acceptors (Lipinski definition) is 3. The van der Waals surface area contributed by atoms with Gasteiger partial charge in [0.15, 0.2) is 0 Å². The van der Waals surface area contributed by atoms with Crippen molar-refractivity contribution in [3.63, 3.8) is 0 Å². The number of thiazole rings is 1. The zero-order valence-corrected chi connectivity index (χ0v) is 15.0. The van der Waals surface area contributed by atoms with Crippen LogP contribution in [0.15, 0.2) is 73.3 Å². The van der Waals surface area contributed by atoms with Crippen LogP contribution in [0.3, 0.4) is 0 Å². The first-order valence-corrected chi connectivity index (χ1v) is 9.95. The molecule has 1 heterocycles. The molecule has 0 bridgehead atoms. The highest BCUT2D eigenvalue weighted by molar-refractivity contribution is 7.99. The van der Waals surface area contributed by atoms with Crippen molar-refractivity contribution < 1.29 is 0 Å². The molecule has 1 unspecified atom stereocenters. The summed E-state index contributed by atoms with van der Waals surface area (Å²) in [7, 11) is 0. The quantitative estimate of drug-likeness (QED) is 0.381. The largest absolute Gasteiger partial charge is 0.236 e. The maximum Gasteiger partial charge on any atom is 0.125 e. The summed E-state index contributed by atoms with van der Waals surface area (Å²) in [6, 6.07) is 21.3. The molecule has 4 rings (SSSR count). The molecule has 0 aliphatic rings. The fraction of sp³-hybridized carbons (Fsp3) is 0.0952. The highest BCUT2D eigenvalue weighted by Crippen LogP contribution is 2.42. The monoisotopic (exact) mass is 347 g/mol. The van der Waals surface area contributed by atoms with Crippen molar-refractivity contribution in [3.05, 3.63) is 78.9 Å². The van der Waals surface area contributed by atoms with Gasteiger partial charge in [-0.2, -0.15) is 11.8 Å². The molecule has 0 saturated heterocycles. The van der Waals surface area contributed by atoms with E-state index in [1.807, 2.05) is 12.1 Å². The van der Waals surface area contributed by atoms with Gasteiger partial charge in [-0.15, -0.1) is 17.9 Å². The van der Waals surface area contributed by atoms with Crippen LogP contribution in [0, 0.1) is 0 Å². The summed E-state index contributed by atoms with van der Waals surface area (Å²) in [6.45, 7) is 4.03. The van der Waals surface area contributed by atoms with E-state index in [-0.39, 0.29) is 5.25 Å². The Hall–Kier alpha value is -2.10. The third kappa shape index (κ3) is 2.54. The van der Waals surface area contributed by atoms with Gasteiger partial charge in [0.25, 0.3) is 0 Å². The zero-order valence-electron chi connectivity index (χ0n) is 13.4. The maximum absolute atomic E-state index is 4.92. The SMILES string of the molecule is C=CC(SC)c1ccc2ccccc2c1-c1nc2ccccc2s1. The van der Waals surface area contributed by atoms with Crippen LogP contribution in [0.5, 0.6) is 0 Å². The van der Waals surface area contributed by atoms with E-state index in [4.69, 9.17) is 4.98 Å². The number of nitrogens with zero attached hydrogens (tertiary/aromatic N) is 1. The Kier molecular flexibility index (Phi) is 4.13. The Labute approximate surface area is 150 Å². The highest BCUT2D eigenvalue weighted by atomic mass is 32.2. The van der Waals surface area contributed by atoms with Crippen molar-refractivity contribution >= 4 is 44.1 Å². The van der Waals surface area contributed by atoms with Crippen LogP contribution in [-0.2, 0) is 0 Å². The third-order valence-corrected chi connectivity index (χ3v) is 6.25. The summed E-state index contributed by atoms with van der Waals surface area (Å²) in [5.74, 6) is 0. The van der Waals surface area contributed by atoms with Crippen LogP contribution in [0.1, 0.15) is 10.8 Å². The minimum atomic E-state index is 0.261. The zero-order chi connectivity index (χ0) is 16.5. The van der Waals surface area contributed by atoms with Crippen LogP contribution in [0.4, 0.5) is 0 Å². The topological polar surface area (TPSA) is 12.9 Å². The first-order chi connectivity index (χ1) is 11.8. The maximum atomic E-state index is 4.92. The number of aromatic nitrogens is 1. The van der Waals surface area contributed by atoms with Crippen LogP contribution < -0.4 is 0 Å². The van der Waals surface area contributed by atoms with Gasteiger partial charge < -0.3 is 0 Å². The summed E-state index contributed by atoms with van der Waals surface area (Å²) in [6.07, 6.45) is 4.15. The molecule has 4 aromatic rings. The molecule has 0 aliphatic heterocycles. The number of fused-ring (bicyclic) bond motifs is 2. The molecule has 1 aromatic heterocycles. The van der Waals surface area contributed by atoms with Crippen molar-refractivity contribution in [1.82, 2.24) is 4.98 Å². The molecule has 3 aromatic carbocycles. The molecule has 0 aliphatic carbocycles. The van der Waals surface area contributed by atoms with Gasteiger partial charge in [0.1, 0.15) is 5.01 Å². The summed E-state index contributed by atoms with van der Waals surface area (Å²) < 4.78 is 1.23. The second-order valence-electron chi connectivity index (χ2n) is 5.63.